The SMILES string of the molecule is CCCCCCCCC(CCC1(C)CC(=O)C1)C(CC)(OC)OC. The molecule has 0 aromatic carbocycles. The fraction of sp³-hybridized carbons (Fsp3) is 0.952. The number of carbonyl (C=O) groups is 1. The van der Waals surface area contributed by atoms with E-state index in [2.05, 4.69) is 20.8 Å². The van der Waals surface area contributed by atoms with E-state index in [0.717, 1.165) is 38.5 Å². The summed E-state index contributed by atoms with van der Waals surface area (Å²) in [5.74, 6) is 0.370. The fourth-order valence-corrected chi connectivity index (χ4v) is 4.35. The van der Waals surface area contributed by atoms with Gasteiger partial charge in [0.15, 0.2) is 5.79 Å². The summed E-state index contributed by atoms with van der Waals surface area (Å²) in [6.45, 7) is 6.66. The van der Waals surface area contributed by atoms with Crippen molar-refractivity contribution in [1.82, 2.24) is 0 Å². The van der Waals surface area contributed by atoms with E-state index in [9.17, 15) is 4.79 Å². The van der Waals surface area contributed by atoms with Crippen LogP contribution in [-0.2, 0) is 14.3 Å². The lowest BCUT2D eigenvalue weighted by Crippen LogP contribution is -2.43. The highest BCUT2D eigenvalue weighted by atomic mass is 16.7. The Morgan fingerprint density at radius 1 is 1.00 bits per heavy atom. The summed E-state index contributed by atoms with van der Waals surface area (Å²) in [5, 5.41) is 0. The van der Waals surface area contributed by atoms with Gasteiger partial charge in [-0.25, -0.2) is 0 Å². The third-order valence-corrected chi connectivity index (χ3v) is 6.06. The van der Waals surface area contributed by atoms with Crippen LogP contribution in [0.15, 0.2) is 0 Å². The Morgan fingerprint density at radius 3 is 2.08 bits per heavy atom. The second-order valence-corrected chi connectivity index (χ2v) is 8.07. The standard InChI is InChI=1S/C21H40O3/c1-6-8-9-10-11-12-13-18(21(7-2,23-4)24-5)14-15-20(3)16-19(22)17-20/h18H,6-17H2,1-5H3. The maximum absolute atomic E-state index is 11.4. The van der Waals surface area contributed by atoms with Gasteiger partial charge in [0.25, 0.3) is 0 Å². The summed E-state index contributed by atoms with van der Waals surface area (Å²) in [6.07, 6.45) is 13.6. The summed E-state index contributed by atoms with van der Waals surface area (Å²) in [4.78, 5) is 11.4. The van der Waals surface area contributed by atoms with Crippen LogP contribution in [-0.4, -0.2) is 25.8 Å². The van der Waals surface area contributed by atoms with Crippen molar-refractivity contribution in [3.8, 4) is 0 Å². The highest BCUT2D eigenvalue weighted by molar-refractivity contribution is 5.85. The van der Waals surface area contributed by atoms with Crippen molar-refractivity contribution in [3.63, 3.8) is 0 Å². The summed E-state index contributed by atoms with van der Waals surface area (Å²) in [6, 6.07) is 0. The van der Waals surface area contributed by atoms with Crippen molar-refractivity contribution < 1.29 is 14.3 Å². The Kier molecular flexibility index (Phi) is 9.51. The van der Waals surface area contributed by atoms with E-state index in [0.29, 0.717) is 11.7 Å². The van der Waals surface area contributed by atoms with Gasteiger partial charge in [0.1, 0.15) is 5.78 Å². The minimum absolute atomic E-state index is 0.220. The first-order valence-electron chi connectivity index (χ1n) is 10.1. The van der Waals surface area contributed by atoms with Gasteiger partial charge < -0.3 is 9.47 Å². The maximum Gasteiger partial charge on any atom is 0.170 e. The second-order valence-electron chi connectivity index (χ2n) is 8.07. The number of ether oxygens (including phenoxy) is 2. The molecule has 1 unspecified atom stereocenters. The molecule has 0 saturated heterocycles. The van der Waals surface area contributed by atoms with Crippen LogP contribution in [0.25, 0.3) is 0 Å². The number of carbonyl (C=O) groups excluding carboxylic acids is 1. The average molecular weight is 341 g/mol. The summed E-state index contributed by atoms with van der Waals surface area (Å²) >= 11 is 0. The first-order valence-corrected chi connectivity index (χ1v) is 10.1. The molecule has 0 heterocycles. The lowest BCUT2D eigenvalue weighted by molar-refractivity contribution is -0.245. The minimum atomic E-state index is -0.465. The normalized spacial score (nSPS) is 18.5. The van der Waals surface area contributed by atoms with Gasteiger partial charge in [0, 0.05) is 33.0 Å². The number of unbranched alkanes of at least 4 members (excludes halogenated alkanes) is 5. The van der Waals surface area contributed by atoms with Gasteiger partial charge in [0.05, 0.1) is 0 Å². The molecule has 24 heavy (non-hydrogen) atoms. The number of Topliss-reactive ketones (excluding diaryl/α,β-unsaturated/α-hetero) is 1. The third kappa shape index (κ3) is 6.15. The molecule has 1 aliphatic rings. The largest absolute Gasteiger partial charge is 0.353 e. The predicted molar refractivity (Wildman–Crippen MR) is 100 cm³/mol. The number of rotatable bonds is 14. The first-order chi connectivity index (χ1) is 11.4. The molecule has 0 aromatic rings. The summed E-state index contributed by atoms with van der Waals surface area (Å²) < 4.78 is 11.7. The fourth-order valence-electron chi connectivity index (χ4n) is 4.35. The van der Waals surface area contributed by atoms with E-state index in [1.54, 1.807) is 14.2 Å². The zero-order valence-corrected chi connectivity index (χ0v) is 16.8. The highest BCUT2D eigenvalue weighted by Gasteiger charge is 2.42. The Bertz CT molecular complexity index is 344. The van der Waals surface area contributed by atoms with E-state index < -0.39 is 5.79 Å². The maximum atomic E-state index is 11.4. The van der Waals surface area contributed by atoms with Crippen LogP contribution in [0.4, 0.5) is 0 Å². The molecule has 0 aliphatic heterocycles. The van der Waals surface area contributed by atoms with E-state index in [1.165, 1.54) is 38.5 Å². The average Bonchev–Trinajstić information content (AvgIpc) is 2.55. The van der Waals surface area contributed by atoms with Gasteiger partial charge in [-0.3, -0.25) is 4.79 Å². The summed E-state index contributed by atoms with van der Waals surface area (Å²) in [5.41, 5.74) is 0.220. The van der Waals surface area contributed by atoms with Crippen LogP contribution in [0.5, 0.6) is 0 Å². The second kappa shape index (κ2) is 10.6. The molecule has 142 valence electrons. The third-order valence-electron chi connectivity index (χ3n) is 6.06. The predicted octanol–water partition coefficient (Wildman–Crippen LogP) is 5.90. The van der Waals surface area contributed by atoms with Gasteiger partial charge in [-0.05, 0) is 31.1 Å². The number of methoxy groups -OCH3 is 2. The van der Waals surface area contributed by atoms with Gasteiger partial charge in [-0.1, -0.05) is 59.3 Å². The number of hydrogen-bond donors (Lipinski definition) is 0. The van der Waals surface area contributed by atoms with E-state index in [1.807, 2.05) is 0 Å². The lowest BCUT2D eigenvalue weighted by atomic mass is 9.65. The molecular weight excluding hydrogens is 300 g/mol. The number of ketones is 1. The zero-order valence-electron chi connectivity index (χ0n) is 16.8. The Balaban J connectivity index is 2.53. The van der Waals surface area contributed by atoms with E-state index >= 15 is 0 Å². The molecule has 1 saturated carbocycles. The van der Waals surface area contributed by atoms with Gasteiger partial charge >= 0.3 is 0 Å². The van der Waals surface area contributed by atoms with Crippen molar-refractivity contribution >= 4 is 5.78 Å². The molecule has 1 fully saturated rings. The molecule has 0 N–H and O–H groups in total. The van der Waals surface area contributed by atoms with Crippen LogP contribution in [0.2, 0.25) is 0 Å². The van der Waals surface area contributed by atoms with Crippen LogP contribution in [0, 0.1) is 11.3 Å². The van der Waals surface area contributed by atoms with E-state index in [-0.39, 0.29) is 5.41 Å². The van der Waals surface area contributed by atoms with Gasteiger partial charge in [0.2, 0.25) is 0 Å². The Labute approximate surface area is 149 Å². The summed E-state index contributed by atoms with van der Waals surface area (Å²) in [7, 11) is 3.55. The Morgan fingerprint density at radius 2 is 1.58 bits per heavy atom. The van der Waals surface area contributed by atoms with Crippen molar-refractivity contribution in [2.45, 2.75) is 104 Å². The van der Waals surface area contributed by atoms with Gasteiger partial charge in [-0.2, -0.15) is 0 Å². The van der Waals surface area contributed by atoms with E-state index in [4.69, 9.17) is 9.47 Å². The molecule has 3 nitrogen and oxygen atoms in total. The molecule has 3 heteroatoms. The Hall–Kier alpha value is -0.410. The van der Waals surface area contributed by atoms with Gasteiger partial charge in [-0.15, -0.1) is 0 Å². The van der Waals surface area contributed by atoms with Crippen molar-refractivity contribution in [3.05, 3.63) is 0 Å². The topological polar surface area (TPSA) is 35.5 Å². The lowest BCUT2D eigenvalue weighted by Gasteiger charge is -2.42. The van der Waals surface area contributed by atoms with Crippen LogP contribution < -0.4 is 0 Å². The zero-order chi connectivity index (χ0) is 18.1. The van der Waals surface area contributed by atoms with Crippen molar-refractivity contribution in [1.29, 1.82) is 0 Å². The van der Waals surface area contributed by atoms with Crippen molar-refractivity contribution in [2.24, 2.45) is 11.3 Å². The molecular formula is C21H40O3. The molecule has 1 rings (SSSR count). The molecule has 1 atom stereocenters. The molecule has 0 bridgehead atoms. The minimum Gasteiger partial charge on any atom is -0.353 e. The number of hydrogen-bond acceptors (Lipinski definition) is 3. The van der Waals surface area contributed by atoms with Crippen LogP contribution in [0.3, 0.4) is 0 Å². The quantitative estimate of drug-likeness (QED) is 0.291. The molecule has 0 radical (unpaired) electrons. The first kappa shape index (κ1) is 21.6. The smallest absolute Gasteiger partial charge is 0.170 e. The van der Waals surface area contributed by atoms with Crippen LogP contribution in [0.1, 0.15) is 97.8 Å². The van der Waals surface area contributed by atoms with Crippen molar-refractivity contribution in [2.75, 3.05) is 14.2 Å². The molecule has 0 aromatic heterocycles. The molecule has 0 spiro atoms. The monoisotopic (exact) mass is 340 g/mol. The highest BCUT2D eigenvalue weighted by Crippen LogP contribution is 2.45. The molecule has 1 aliphatic carbocycles. The molecule has 0 amide bonds. The van der Waals surface area contributed by atoms with Crippen LogP contribution >= 0.6 is 0 Å².